The lowest BCUT2D eigenvalue weighted by Gasteiger charge is -2.27. The Balaban J connectivity index is 1.35. The van der Waals surface area contributed by atoms with Crippen LogP contribution in [0.3, 0.4) is 0 Å². The maximum atomic E-state index is 12.8. The molecule has 0 aromatic heterocycles. The number of carbonyl (C=O) groups excluding carboxylic acids is 4. The van der Waals surface area contributed by atoms with Gasteiger partial charge in [-0.3, -0.25) is 4.79 Å². The second kappa shape index (κ2) is 21.4. The second-order valence-corrected chi connectivity index (χ2v) is 11.6. The first-order valence-corrected chi connectivity index (χ1v) is 16.9. The van der Waals surface area contributed by atoms with Gasteiger partial charge >= 0.3 is 23.9 Å². The van der Waals surface area contributed by atoms with Crippen molar-refractivity contribution in [2.24, 2.45) is 5.92 Å². The average Bonchev–Trinajstić information content (AvgIpc) is 3.10. The second-order valence-electron chi connectivity index (χ2n) is 11.6. The average molecular weight is 665 g/mol. The number of ether oxygens (including phenoxy) is 6. The highest BCUT2D eigenvalue weighted by Gasteiger charge is 2.28. The Bertz CT molecular complexity index is 1310. The molecular weight excluding hydrogens is 616 g/mol. The van der Waals surface area contributed by atoms with Crippen molar-refractivity contribution in [3.05, 3.63) is 79.4 Å². The fraction of sp³-hybridized carbons (Fsp3) is 0.474. The number of hydrogen-bond acceptors (Lipinski definition) is 10. The fourth-order valence-electron chi connectivity index (χ4n) is 5.15. The molecule has 0 radical (unpaired) electrons. The minimum absolute atomic E-state index is 0.148. The molecule has 0 bridgehead atoms. The van der Waals surface area contributed by atoms with Crippen LogP contribution >= 0.6 is 0 Å². The zero-order valence-corrected chi connectivity index (χ0v) is 27.9. The molecule has 1 fully saturated rings. The van der Waals surface area contributed by atoms with Crippen LogP contribution < -0.4 is 14.2 Å². The van der Waals surface area contributed by atoms with Crippen molar-refractivity contribution in [2.75, 3.05) is 13.2 Å². The maximum Gasteiger partial charge on any atom is 0.343 e. The number of carbonyl (C=O) groups is 4. The molecule has 0 heterocycles. The van der Waals surface area contributed by atoms with Gasteiger partial charge in [0.2, 0.25) is 6.29 Å². The number of unbranched alkanes of at least 4 members (excludes halogenated alkanes) is 5. The third-order valence-electron chi connectivity index (χ3n) is 7.88. The van der Waals surface area contributed by atoms with E-state index in [0.717, 1.165) is 63.9 Å². The molecule has 10 nitrogen and oxygen atoms in total. The first-order chi connectivity index (χ1) is 23.3. The first kappa shape index (κ1) is 38.0. The van der Waals surface area contributed by atoms with Gasteiger partial charge in [0.15, 0.2) is 0 Å². The van der Waals surface area contributed by atoms with Gasteiger partial charge in [-0.15, -0.1) is 0 Å². The fourth-order valence-corrected chi connectivity index (χ4v) is 5.15. The summed E-state index contributed by atoms with van der Waals surface area (Å²) in [5.74, 6) is -0.835. The Kier molecular flexibility index (Phi) is 17.0. The summed E-state index contributed by atoms with van der Waals surface area (Å²) < 4.78 is 33.2. The lowest BCUT2D eigenvalue weighted by atomic mass is 9.87. The van der Waals surface area contributed by atoms with Gasteiger partial charge in [0.05, 0.1) is 24.2 Å². The summed E-state index contributed by atoms with van der Waals surface area (Å²) in [6.07, 6.45) is 11.8. The Morgan fingerprint density at radius 2 is 1.33 bits per heavy atom. The highest BCUT2D eigenvalue weighted by Crippen LogP contribution is 2.29. The molecule has 48 heavy (non-hydrogen) atoms. The van der Waals surface area contributed by atoms with E-state index >= 15 is 0 Å². The summed E-state index contributed by atoms with van der Waals surface area (Å²) >= 11 is 0. The molecule has 1 aliphatic rings. The van der Waals surface area contributed by atoms with Crippen LogP contribution in [-0.4, -0.2) is 49.5 Å². The Hall–Kier alpha value is -4.44. The summed E-state index contributed by atoms with van der Waals surface area (Å²) in [6, 6.07) is 12.7. The van der Waals surface area contributed by atoms with E-state index in [1.165, 1.54) is 6.08 Å². The van der Waals surface area contributed by atoms with Gasteiger partial charge in [-0.05, 0) is 99.9 Å². The molecule has 1 aliphatic carbocycles. The van der Waals surface area contributed by atoms with Crippen molar-refractivity contribution in [1.29, 1.82) is 0 Å². The van der Waals surface area contributed by atoms with E-state index in [-0.39, 0.29) is 24.0 Å². The monoisotopic (exact) mass is 664 g/mol. The largest absolute Gasteiger partial charge is 0.463 e. The Morgan fingerprint density at radius 3 is 1.96 bits per heavy atom. The molecule has 0 spiro atoms. The van der Waals surface area contributed by atoms with Crippen molar-refractivity contribution in [3.8, 4) is 17.2 Å². The van der Waals surface area contributed by atoms with Crippen molar-refractivity contribution in [1.82, 2.24) is 0 Å². The lowest BCUT2D eigenvalue weighted by Crippen LogP contribution is -2.29. The van der Waals surface area contributed by atoms with Gasteiger partial charge in [0.1, 0.15) is 17.2 Å². The summed E-state index contributed by atoms with van der Waals surface area (Å²) in [4.78, 5) is 48.2. The molecule has 260 valence electrons. The van der Waals surface area contributed by atoms with Gasteiger partial charge in [-0.2, -0.15) is 0 Å². The summed E-state index contributed by atoms with van der Waals surface area (Å²) in [7, 11) is 0. The van der Waals surface area contributed by atoms with Crippen LogP contribution in [0.1, 0.15) is 94.3 Å². The smallest absolute Gasteiger partial charge is 0.343 e. The minimum atomic E-state index is -0.752. The molecule has 0 amide bonds. The van der Waals surface area contributed by atoms with E-state index in [4.69, 9.17) is 28.4 Å². The van der Waals surface area contributed by atoms with Crippen LogP contribution in [-0.2, 0) is 28.6 Å². The van der Waals surface area contributed by atoms with Crippen molar-refractivity contribution < 1.29 is 47.6 Å². The molecule has 2 aromatic carbocycles. The van der Waals surface area contributed by atoms with Crippen LogP contribution in [0, 0.1) is 5.92 Å². The highest BCUT2D eigenvalue weighted by molar-refractivity contribution is 5.91. The predicted molar refractivity (Wildman–Crippen MR) is 180 cm³/mol. The van der Waals surface area contributed by atoms with Gasteiger partial charge in [-0.1, -0.05) is 39.3 Å². The van der Waals surface area contributed by atoms with Gasteiger partial charge in [0.25, 0.3) is 0 Å². The summed E-state index contributed by atoms with van der Waals surface area (Å²) in [6.45, 7) is 9.97. The number of esters is 4. The first-order valence-electron chi connectivity index (χ1n) is 16.9. The number of benzene rings is 2. The van der Waals surface area contributed by atoms with E-state index in [2.05, 4.69) is 20.1 Å². The molecule has 1 saturated carbocycles. The molecule has 2 aromatic rings. The summed E-state index contributed by atoms with van der Waals surface area (Å²) in [5.41, 5.74) is 0.312. The third-order valence-corrected chi connectivity index (χ3v) is 7.88. The lowest BCUT2D eigenvalue weighted by molar-refractivity contribution is -0.158. The van der Waals surface area contributed by atoms with Crippen molar-refractivity contribution in [2.45, 2.75) is 96.4 Å². The normalized spacial score (nSPS) is 16.2. The third kappa shape index (κ3) is 14.1. The van der Waals surface area contributed by atoms with Gasteiger partial charge < -0.3 is 28.4 Å². The molecule has 0 N–H and O–H groups in total. The molecular formula is C38H48O10. The number of hydrogen-bond donors (Lipinski definition) is 0. The van der Waals surface area contributed by atoms with E-state index in [1.807, 2.05) is 0 Å². The van der Waals surface area contributed by atoms with Crippen LogP contribution in [0.25, 0.3) is 0 Å². The molecule has 1 atom stereocenters. The minimum Gasteiger partial charge on any atom is -0.463 e. The van der Waals surface area contributed by atoms with Crippen LogP contribution in [0.15, 0.2) is 73.8 Å². The molecule has 3 rings (SSSR count). The quantitative estimate of drug-likeness (QED) is 0.0431. The van der Waals surface area contributed by atoms with E-state index in [0.29, 0.717) is 55.3 Å². The van der Waals surface area contributed by atoms with Crippen molar-refractivity contribution in [3.63, 3.8) is 0 Å². The van der Waals surface area contributed by atoms with Crippen LogP contribution in [0.5, 0.6) is 17.2 Å². The van der Waals surface area contributed by atoms with Gasteiger partial charge in [-0.25, -0.2) is 14.4 Å². The molecule has 1 unspecified atom stereocenters. The highest BCUT2D eigenvalue weighted by atomic mass is 16.7. The molecule has 10 heteroatoms. The van der Waals surface area contributed by atoms with Crippen LogP contribution in [0.4, 0.5) is 0 Å². The zero-order valence-electron chi connectivity index (χ0n) is 27.9. The Labute approximate surface area is 283 Å². The predicted octanol–water partition coefficient (Wildman–Crippen LogP) is 7.69. The standard InChI is InChI=1S/C38H48O10/c1-4-7-10-13-36(48-35(40)6-3)45-31-20-16-29(17-21-31)38(42)47-33-24-22-32(23-25-33)46-37(41)28-14-18-30(19-15-28)43-26-11-8-9-12-27-44-34(39)5-2/h5-6,16-17,20-25,28,30,36H,2-4,7-15,18-19,26-27H2,1H3. The SMILES string of the molecule is C=CC(=O)OCCCCCCOC1CCC(C(=O)Oc2ccc(OC(=O)c3ccc(OC(CCCCC)OC(=O)C=C)cc3)cc2)CC1. The zero-order chi connectivity index (χ0) is 34.6. The van der Waals surface area contributed by atoms with E-state index in [9.17, 15) is 19.2 Å². The van der Waals surface area contributed by atoms with Gasteiger partial charge in [0, 0.05) is 25.2 Å². The molecule has 0 saturated heterocycles. The molecule has 0 aliphatic heterocycles. The summed E-state index contributed by atoms with van der Waals surface area (Å²) in [5, 5.41) is 0. The topological polar surface area (TPSA) is 124 Å². The van der Waals surface area contributed by atoms with E-state index in [1.54, 1.807) is 48.5 Å². The van der Waals surface area contributed by atoms with E-state index < -0.39 is 18.2 Å². The van der Waals surface area contributed by atoms with Crippen molar-refractivity contribution >= 4 is 23.9 Å². The number of rotatable bonds is 21. The maximum absolute atomic E-state index is 12.8. The Morgan fingerprint density at radius 1 is 0.729 bits per heavy atom. The van der Waals surface area contributed by atoms with Crippen LogP contribution in [0.2, 0.25) is 0 Å².